The molecule has 1 unspecified atom stereocenters. The minimum Gasteiger partial charge on any atom is -0.383 e. The van der Waals surface area contributed by atoms with Crippen LogP contribution in [0.4, 0.5) is 0 Å². The van der Waals surface area contributed by atoms with Gasteiger partial charge in [-0.15, -0.1) is 0 Å². The maximum atomic E-state index is 5.43. The number of hydrogen-bond acceptors (Lipinski definition) is 4. The number of aryl methyl sites for hydroxylation is 3. The van der Waals surface area contributed by atoms with Crippen LogP contribution < -0.4 is 0 Å². The Labute approximate surface area is 149 Å². The highest BCUT2D eigenvalue weighted by Crippen LogP contribution is 2.31. The van der Waals surface area contributed by atoms with E-state index in [-0.39, 0.29) is 6.04 Å². The molecule has 0 radical (unpaired) electrons. The summed E-state index contributed by atoms with van der Waals surface area (Å²) in [7, 11) is 1.74. The fourth-order valence-electron chi connectivity index (χ4n) is 3.42. The summed E-state index contributed by atoms with van der Waals surface area (Å²) < 4.78 is 7.68. The lowest BCUT2D eigenvalue weighted by Gasteiger charge is -2.18. The third kappa shape index (κ3) is 3.16. The largest absolute Gasteiger partial charge is 0.383 e. The summed E-state index contributed by atoms with van der Waals surface area (Å²) >= 11 is 0. The van der Waals surface area contributed by atoms with Crippen LogP contribution in [-0.2, 0) is 11.2 Å². The molecular formula is C20H26N4O. The first-order chi connectivity index (χ1) is 12.1. The van der Waals surface area contributed by atoms with Gasteiger partial charge in [-0.1, -0.05) is 19.9 Å². The van der Waals surface area contributed by atoms with Crippen molar-refractivity contribution >= 4 is 11.2 Å². The van der Waals surface area contributed by atoms with Gasteiger partial charge in [-0.2, -0.15) is 0 Å². The second-order valence-electron chi connectivity index (χ2n) is 6.39. The van der Waals surface area contributed by atoms with Crippen molar-refractivity contribution in [2.75, 3.05) is 13.7 Å². The van der Waals surface area contributed by atoms with Gasteiger partial charge in [-0.25, -0.2) is 9.97 Å². The Kier molecular flexibility index (Phi) is 5.13. The molecule has 3 aromatic heterocycles. The Bertz CT molecular complexity index is 885. The molecule has 0 aliphatic rings. The van der Waals surface area contributed by atoms with Crippen molar-refractivity contribution in [3.8, 4) is 11.1 Å². The average Bonchev–Trinajstić information content (AvgIpc) is 2.98. The molecule has 0 fully saturated rings. The molecular weight excluding hydrogens is 312 g/mol. The lowest BCUT2D eigenvalue weighted by molar-refractivity contribution is 0.153. The number of nitrogens with zero attached hydrogens (tertiary/aromatic N) is 4. The highest BCUT2D eigenvalue weighted by atomic mass is 16.5. The molecule has 5 nitrogen and oxygen atoms in total. The molecule has 0 aliphatic heterocycles. The van der Waals surface area contributed by atoms with E-state index in [1.54, 1.807) is 7.11 Å². The molecule has 1 atom stereocenters. The van der Waals surface area contributed by atoms with E-state index in [0.29, 0.717) is 6.61 Å². The molecule has 3 rings (SSSR count). The molecule has 5 heteroatoms. The number of imidazole rings is 1. The van der Waals surface area contributed by atoms with E-state index in [0.717, 1.165) is 52.3 Å². The van der Waals surface area contributed by atoms with Crippen LogP contribution in [0, 0.1) is 13.8 Å². The van der Waals surface area contributed by atoms with E-state index in [1.165, 1.54) is 0 Å². The zero-order valence-electron chi connectivity index (χ0n) is 15.7. The van der Waals surface area contributed by atoms with Crippen molar-refractivity contribution in [1.82, 2.24) is 19.5 Å². The van der Waals surface area contributed by atoms with Gasteiger partial charge in [0.05, 0.1) is 12.6 Å². The highest BCUT2D eigenvalue weighted by molar-refractivity contribution is 5.90. The summed E-state index contributed by atoms with van der Waals surface area (Å²) in [5.74, 6) is 1.05. The van der Waals surface area contributed by atoms with Crippen LogP contribution in [0.5, 0.6) is 0 Å². The van der Waals surface area contributed by atoms with Crippen LogP contribution >= 0.6 is 0 Å². The van der Waals surface area contributed by atoms with Gasteiger partial charge < -0.3 is 9.30 Å². The summed E-state index contributed by atoms with van der Waals surface area (Å²) in [4.78, 5) is 14.2. The summed E-state index contributed by atoms with van der Waals surface area (Å²) in [6, 6.07) is 6.45. The molecule has 0 N–H and O–H groups in total. The lowest BCUT2D eigenvalue weighted by Crippen LogP contribution is -2.16. The van der Waals surface area contributed by atoms with Crippen molar-refractivity contribution in [3.05, 3.63) is 41.6 Å². The molecule has 0 aromatic carbocycles. The summed E-state index contributed by atoms with van der Waals surface area (Å²) in [5, 5.41) is 0. The first-order valence-electron chi connectivity index (χ1n) is 8.90. The number of aromatic nitrogens is 4. The first kappa shape index (κ1) is 17.5. The number of pyridine rings is 2. The van der Waals surface area contributed by atoms with Crippen LogP contribution in [0.15, 0.2) is 24.4 Å². The summed E-state index contributed by atoms with van der Waals surface area (Å²) in [6.07, 6.45) is 3.71. The van der Waals surface area contributed by atoms with Crippen molar-refractivity contribution in [2.24, 2.45) is 0 Å². The molecule has 0 saturated carbocycles. The second kappa shape index (κ2) is 7.31. The number of fused-ring (bicyclic) bond motifs is 1. The Morgan fingerprint density at radius 1 is 1.08 bits per heavy atom. The van der Waals surface area contributed by atoms with Gasteiger partial charge in [0.1, 0.15) is 11.3 Å². The smallest absolute Gasteiger partial charge is 0.160 e. The van der Waals surface area contributed by atoms with Crippen molar-refractivity contribution in [1.29, 1.82) is 0 Å². The molecule has 0 bridgehead atoms. The minimum absolute atomic E-state index is 0.241. The Balaban J connectivity index is 2.25. The number of hydrogen-bond donors (Lipinski definition) is 0. The zero-order valence-corrected chi connectivity index (χ0v) is 15.7. The normalized spacial score (nSPS) is 12.7. The molecule has 0 aliphatic carbocycles. The average molecular weight is 338 g/mol. The molecule has 0 amide bonds. The van der Waals surface area contributed by atoms with Crippen LogP contribution in [-0.4, -0.2) is 33.2 Å². The van der Waals surface area contributed by atoms with Gasteiger partial charge in [0, 0.05) is 42.2 Å². The molecule has 3 aromatic rings. The third-order valence-electron chi connectivity index (χ3n) is 4.68. The highest BCUT2D eigenvalue weighted by Gasteiger charge is 2.20. The van der Waals surface area contributed by atoms with E-state index >= 15 is 0 Å². The number of methoxy groups -OCH3 is 1. The van der Waals surface area contributed by atoms with Crippen molar-refractivity contribution in [2.45, 2.75) is 46.6 Å². The summed E-state index contributed by atoms with van der Waals surface area (Å²) in [5.41, 5.74) is 6.13. The van der Waals surface area contributed by atoms with Gasteiger partial charge in [0.15, 0.2) is 5.65 Å². The maximum absolute atomic E-state index is 5.43. The van der Waals surface area contributed by atoms with Gasteiger partial charge >= 0.3 is 0 Å². The predicted octanol–water partition coefficient (Wildman–Crippen LogP) is 4.27. The topological polar surface area (TPSA) is 52.8 Å². The van der Waals surface area contributed by atoms with Gasteiger partial charge in [-0.3, -0.25) is 4.98 Å². The first-order valence-corrected chi connectivity index (χ1v) is 8.90. The van der Waals surface area contributed by atoms with E-state index in [9.17, 15) is 0 Å². The third-order valence-corrected chi connectivity index (χ3v) is 4.68. The van der Waals surface area contributed by atoms with Crippen molar-refractivity contribution in [3.63, 3.8) is 0 Å². The lowest BCUT2D eigenvalue weighted by atomic mass is 10.0. The van der Waals surface area contributed by atoms with Crippen LogP contribution in [0.3, 0.4) is 0 Å². The van der Waals surface area contributed by atoms with Crippen LogP contribution in [0.25, 0.3) is 22.3 Å². The Hall–Kier alpha value is -2.27. The van der Waals surface area contributed by atoms with E-state index < -0.39 is 0 Å². The molecule has 0 spiro atoms. The molecule has 132 valence electrons. The molecule has 3 heterocycles. The summed E-state index contributed by atoms with van der Waals surface area (Å²) in [6.45, 7) is 9.03. The number of rotatable bonds is 6. The van der Waals surface area contributed by atoms with Crippen molar-refractivity contribution < 1.29 is 4.74 Å². The van der Waals surface area contributed by atoms with Gasteiger partial charge in [0.2, 0.25) is 0 Å². The Morgan fingerprint density at radius 2 is 1.88 bits per heavy atom. The maximum Gasteiger partial charge on any atom is 0.160 e. The number of ether oxygens (including phenoxy) is 1. The quantitative estimate of drug-likeness (QED) is 0.673. The van der Waals surface area contributed by atoms with Gasteiger partial charge in [0.25, 0.3) is 0 Å². The van der Waals surface area contributed by atoms with E-state index in [1.807, 2.05) is 32.2 Å². The molecule has 25 heavy (non-hydrogen) atoms. The fraction of sp³-hybridized carbons (Fsp3) is 0.450. The SMILES string of the molecule is CCc1nc2c(-c3ccc(C)nc3C)ccnc2n1C(CC)COC. The molecule has 0 saturated heterocycles. The monoisotopic (exact) mass is 338 g/mol. The zero-order chi connectivity index (χ0) is 18.0. The van der Waals surface area contributed by atoms with Gasteiger partial charge in [-0.05, 0) is 32.4 Å². The van der Waals surface area contributed by atoms with E-state index in [4.69, 9.17) is 9.72 Å². The second-order valence-corrected chi connectivity index (χ2v) is 6.39. The standard InChI is InChI=1S/C20H26N4O/c1-6-15(12-25-5)24-18(7-2)23-19-17(10-11-21-20(19)24)16-9-8-13(3)22-14(16)4/h8-11,15H,6-7,12H2,1-5H3. The van der Waals surface area contributed by atoms with E-state index in [2.05, 4.69) is 34.4 Å². The van der Waals surface area contributed by atoms with Crippen LogP contribution in [0.1, 0.15) is 43.5 Å². The predicted molar refractivity (Wildman–Crippen MR) is 101 cm³/mol. The van der Waals surface area contributed by atoms with Crippen LogP contribution in [0.2, 0.25) is 0 Å². The Morgan fingerprint density at radius 3 is 2.52 bits per heavy atom. The minimum atomic E-state index is 0.241. The fourth-order valence-corrected chi connectivity index (χ4v) is 3.42.